The van der Waals surface area contributed by atoms with Crippen molar-refractivity contribution in [1.82, 2.24) is 9.97 Å². The summed E-state index contributed by atoms with van der Waals surface area (Å²) in [5, 5.41) is 3.19. The average Bonchev–Trinajstić information content (AvgIpc) is 2.38. The summed E-state index contributed by atoms with van der Waals surface area (Å²) in [6.07, 6.45) is 5.30. The van der Waals surface area contributed by atoms with Gasteiger partial charge in [-0.2, -0.15) is 0 Å². The van der Waals surface area contributed by atoms with E-state index in [-0.39, 0.29) is 10.9 Å². The Kier molecular flexibility index (Phi) is 5.70. The average molecular weight is 271 g/mol. The maximum absolute atomic E-state index is 11.1. The first-order valence-electron chi connectivity index (χ1n) is 5.51. The van der Waals surface area contributed by atoms with Gasteiger partial charge in [0.15, 0.2) is 5.69 Å². The summed E-state index contributed by atoms with van der Waals surface area (Å²) in [4.78, 5) is 19.1. The number of carbonyl (C=O) groups is 1. The molecule has 1 aromatic heterocycles. The minimum absolute atomic E-state index is 0.139. The molecule has 1 heterocycles. The van der Waals surface area contributed by atoms with Crippen molar-refractivity contribution in [3.05, 3.63) is 18.1 Å². The third-order valence-electron chi connectivity index (χ3n) is 2.47. The Morgan fingerprint density at radius 2 is 2.22 bits per heavy atom. The van der Waals surface area contributed by atoms with Gasteiger partial charge in [-0.1, -0.05) is 6.92 Å². The van der Waals surface area contributed by atoms with Gasteiger partial charge in [0.1, 0.15) is 5.82 Å². The molecule has 18 heavy (non-hydrogen) atoms. The summed E-state index contributed by atoms with van der Waals surface area (Å²) >= 11 is 0. The molecule has 0 fully saturated rings. The summed E-state index contributed by atoms with van der Waals surface area (Å²) in [7, 11) is 0.478. The normalized spacial score (nSPS) is 13.7. The number of carbonyl (C=O) groups excluding carboxylic acids is 1. The molecule has 1 N–H and O–H groups in total. The lowest BCUT2D eigenvalue weighted by atomic mass is 10.3. The highest BCUT2D eigenvalue weighted by atomic mass is 32.2. The van der Waals surface area contributed by atoms with Gasteiger partial charge in [-0.25, -0.2) is 14.8 Å². The van der Waals surface area contributed by atoms with Gasteiger partial charge in [0, 0.05) is 28.9 Å². The Morgan fingerprint density at radius 3 is 2.72 bits per heavy atom. The summed E-state index contributed by atoms with van der Waals surface area (Å²) in [5.41, 5.74) is 0.172. The number of anilines is 1. The topological polar surface area (TPSA) is 81.2 Å². The first kappa shape index (κ1) is 14.6. The maximum Gasteiger partial charge on any atom is 0.358 e. The van der Waals surface area contributed by atoms with Crippen LogP contribution in [0.2, 0.25) is 0 Å². The zero-order valence-electron chi connectivity index (χ0n) is 10.7. The van der Waals surface area contributed by atoms with Crippen LogP contribution < -0.4 is 5.32 Å². The molecule has 2 atom stereocenters. The van der Waals surface area contributed by atoms with Crippen LogP contribution in [0.25, 0.3) is 0 Å². The van der Waals surface area contributed by atoms with E-state index in [0.717, 1.165) is 6.42 Å². The van der Waals surface area contributed by atoms with E-state index in [1.807, 2.05) is 6.92 Å². The number of hydrogen-bond donors (Lipinski definition) is 1. The van der Waals surface area contributed by atoms with E-state index in [9.17, 15) is 9.00 Å². The smallest absolute Gasteiger partial charge is 0.358 e. The summed E-state index contributed by atoms with van der Waals surface area (Å²) in [6.45, 7) is 2.59. The van der Waals surface area contributed by atoms with Crippen LogP contribution in [0, 0.1) is 0 Å². The zero-order chi connectivity index (χ0) is 13.5. The minimum Gasteiger partial charge on any atom is -0.464 e. The Labute approximate surface area is 109 Å². The van der Waals surface area contributed by atoms with E-state index in [0.29, 0.717) is 12.4 Å². The molecule has 0 spiro atoms. The highest BCUT2D eigenvalue weighted by molar-refractivity contribution is 7.84. The van der Waals surface area contributed by atoms with E-state index in [1.165, 1.54) is 19.5 Å². The molecule has 0 radical (unpaired) electrons. The van der Waals surface area contributed by atoms with E-state index in [2.05, 4.69) is 20.0 Å². The molecule has 6 nitrogen and oxygen atoms in total. The van der Waals surface area contributed by atoms with Crippen molar-refractivity contribution in [2.75, 3.05) is 25.2 Å². The van der Waals surface area contributed by atoms with Crippen LogP contribution in [0.3, 0.4) is 0 Å². The zero-order valence-corrected chi connectivity index (χ0v) is 11.5. The lowest BCUT2D eigenvalue weighted by molar-refractivity contribution is 0.0593. The van der Waals surface area contributed by atoms with Crippen molar-refractivity contribution in [3.63, 3.8) is 0 Å². The predicted molar refractivity (Wildman–Crippen MR) is 70.0 cm³/mol. The summed E-state index contributed by atoms with van der Waals surface area (Å²) in [6, 6.07) is 0. The molecule has 0 aliphatic heterocycles. The van der Waals surface area contributed by atoms with Crippen LogP contribution in [-0.4, -0.2) is 45.3 Å². The SMILES string of the molecule is COC(=O)c1cnc(NCCC(C)S(C)=O)cn1. The van der Waals surface area contributed by atoms with Crippen LogP contribution in [-0.2, 0) is 15.5 Å². The van der Waals surface area contributed by atoms with E-state index >= 15 is 0 Å². The summed E-state index contributed by atoms with van der Waals surface area (Å²) in [5.74, 6) is 0.0702. The van der Waals surface area contributed by atoms with E-state index in [4.69, 9.17) is 0 Å². The van der Waals surface area contributed by atoms with Crippen molar-refractivity contribution in [2.45, 2.75) is 18.6 Å². The van der Waals surface area contributed by atoms with Crippen molar-refractivity contribution in [2.24, 2.45) is 0 Å². The van der Waals surface area contributed by atoms with Crippen molar-refractivity contribution in [1.29, 1.82) is 0 Å². The van der Waals surface area contributed by atoms with Crippen molar-refractivity contribution < 1.29 is 13.7 Å². The van der Waals surface area contributed by atoms with Gasteiger partial charge in [-0.15, -0.1) is 0 Å². The highest BCUT2D eigenvalue weighted by Crippen LogP contribution is 2.04. The van der Waals surface area contributed by atoms with Gasteiger partial charge in [-0.05, 0) is 6.42 Å². The van der Waals surface area contributed by atoms with Crippen molar-refractivity contribution in [3.8, 4) is 0 Å². The molecule has 100 valence electrons. The molecule has 0 saturated heterocycles. The number of nitrogens with zero attached hydrogens (tertiary/aromatic N) is 2. The second kappa shape index (κ2) is 7.05. The lowest BCUT2D eigenvalue weighted by Crippen LogP contribution is -2.15. The van der Waals surface area contributed by atoms with Crippen LogP contribution >= 0.6 is 0 Å². The molecule has 2 unspecified atom stereocenters. The fraction of sp³-hybridized carbons (Fsp3) is 0.545. The monoisotopic (exact) mass is 271 g/mol. The van der Waals surface area contributed by atoms with Crippen LogP contribution in [0.4, 0.5) is 5.82 Å². The Balaban J connectivity index is 2.44. The Morgan fingerprint density at radius 1 is 1.50 bits per heavy atom. The van der Waals surface area contributed by atoms with E-state index in [1.54, 1.807) is 6.26 Å². The Bertz CT molecular complexity index is 422. The number of rotatable bonds is 6. The second-order valence-electron chi connectivity index (χ2n) is 3.80. The third kappa shape index (κ3) is 4.40. The highest BCUT2D eigenvalue weighted by Gasteiger charge is 2.08. The third-order valence-corrected chi connectivity index (χ3v) is 3.84. The standard InChI is InChI=1S/C11H17N3O3S/c1-8(18(3)16)4-5-12-10-7-13-9(6-14-10)11(15)17-2/h6-8H,4-5H2,1-3H3,(H,12,14). The molecular weight excluding hydrogens is 254 g/mol. The number of aromatic nitrogens is 2. The molecule has 0 aromatic carbocycles. The number of esters is 1. The van der Waals surface area contributed by atoms with Gasteiger partial charge in [-0.3, -0.25) is 4.21 Å². The fourth-order valence-corrected chi connectivity index (χ4v) is 1.65. The number of methoxy groups -OCH3 is 1. The molecule has 0 amide bonds. The first-order chi connectivity index (χ1) is 8.54. The van der Waals surface area contributed by atoms with Gasteiger partial charge in [0.2, 0.25) is 0 Å². The minimum atomic E-state index is -0.817. The number of ether oxygens (including phenoxy) is 1. The van der Waals surface area contributed by atoms with Crippen LogP contribution in [0.1, 0.15) is 23.8 Å². The molecule has 1 rings (SSSR count). The van der Waals surface area contributed by atoms with Gasteiger partial charge < -0.3 is 10.1 Å². The molecule has 0 aliphatic rings. The van der Waals surface area contributed by atoms with Gasteiger partial charge in [0.25, 0.3) is 0 Å². The quantitative estimate of drug-likeness (QED) is 0.772. The molecule has 0 saturated carbocycles. The van der Waals surface area contributed by atoms with E-state index < -0.39 is 16.8 Å². The number of hydrogen-bond acceptors (Lipinski definition) is 6. The lowest BCUT2D eigenvalue weighted by Gasteiger charge is -2.09. The Hall–Kier alpha value is -1.50. The van der Waals surface area contributed by atoms with Crippen molar-refractivity contribution >= 4 is 22.6 Å². The molecular formula is C11H17N3O3S. The largest absolute Gasteiger partial charge is 0.464 e. The van der Waals surface area contributed by atoms with Gasteiger partial charge >= 0.3 is 5.97 Å². The fourth-order valence-electron chi connectivity index (χ4n) is 1.20. The first-order valence-corrected chi connectivity index (χ1v) is 7.13. The molecule has 0 aliphatic carbocycles. The second-order valence-corrected chi connectivity index (χ2v) is 5.61. The maximum atomic E-state index is 11.1. The predicted octanol–water partition coefficient (Wildman–Crippen LogP) is 0.832. The van der Waals surface area contributed by atoms with Crippen LogP contribution in [0.15, 0.2) is 12.4 Å². The number of nitrogens with one attached hydrogen (secondary N) is 1. The van der Waals surface area contributed by atoms with Crippen LogP contribution in [0.5, 0.6) is 0 Å². The molecule has 0 bridgehead atoms. The van der Waals surface area contributed by atoms with Gasteiger partial charge in [0.05, 0.1) is 19.5 Å². The summed E-state index contributed by atoms with van der Waals surface area (Å²) < 4.78 is 15.7. The molecule has 1 aromatic rings. The molecule has 7 heteroatoms.